The van der Waals surface area contributed by atoms with E-state index in [1.54, 1.807) is 14.2 Å². The molecule has 0 bridgehead atoms. The van der Waals surface area contributed by atoms with Gasteiger partial charge in [0, 0.05) is 50.6 Å². The number of benzene rings is 1. The molecule has 1 aromatic heterocycles. The van der Waals surface area contributed by atoms with E-state index < -0.39 is 0 Å². The topological polar surface area (TPSA) is 71.0 Å². The van der Waals surface area contributed by atoms with Crippen molar-refractivity contribution in [3.63, 3.8) is 0 Å². The number of hydrogen-bond donors (Lipinski definition) is 2. The Bertz CT molecular complexity index is 766. The van der Waals surface area contributed by atoms with Crippen molar-refractivity contribution in [2.45, 2.75) is 13.1 Å². The third-order valence-corrected chi connectivity index (χ3v) is 4.49. The lowest BCUT2D eigenvalue weighted by molar-refractivity contribution is 0.122. The number of aromatic nitrogens is 1. The molecule has 1 saturated heterocycles. The van der Waals surface area contributed by atoms with Gasteiger partial charge in [0.1, 0.15) is 11.6 Å². The first-order valence-corrected chi connectivity index (χ1v) is 9.15. The van der Waals surface area contributed by atoms with E-state index >= 15 is 0 Å². The molecule has 152 valence electrons. The lowest BCUT2D eigenvalue weighted by Gasteiger charge is -2.29. The number of ether oxygens (including phenoxy) is 2. The highest BCUT2D eigenvalue weighted by Gasteiger charge is 2.15. The second kappa shape index (κ2) is 11.7. The van der Waals surface area contributed by atoms with Crippen LogP contribution in [0.2, 0.25) is 0 Å². The molecule has 0 amide bonds. The van der Waals surface area contributed by atoms with Crippen molar-refractivity contribution in [3.8, 4) is 5.75 Å². The van der Waals surface area contributed by atoms with Crippen molar-refractivity contribution in [3.05, 3.63) is 53.7 Å². The number of methoxy groups -OCH3 is 1. The van der Waals surface area contributed by atoms with Crippen LogP contribution in [0.4, 0.5) is 5.82 Å². The van der Waals surface area contributed by atoms with Crippen LogP contribution in [-0.2, 0) is 17.8 Å². The minimum atomic E-state index is 0. The number of morpholine rings is 1. The maximum Gasteiger partial charge on any atom is 0.191 e. The smallest absolute Gasteiger partial charge is 0.191 e. The summed E-state index contributed by atoms with van der Waals surface area (Å²) in [6.45, 7) is 4.49. The maximum atomic E-state index is 5.45. The molecule has 0 aliphatic carbocycles. The molecule has 0 saturated carbocycles. The summed E-state index contributed by atoms with van der Waals surface area (Å²) in [7, 11) is 3.45. The predicted octanol–water partition coefficient (Wildman–Crippen LogP) is 2.41. The summed E-state index contributed by atoms with van der Waals surface area (Å²) in [4.78, 5) is 11.2. The minimum Gasteiger partial charge on any atom is -0.496 e. The Morgan fingerprint density at radius 1 is 1.11 bits per heavy atom. The lowest BCUT2D eigenvalue weighted by atomic mass is 10.2. The van der Waals surface area contributed by atoms with Crippen LogP contribution in [0.1, 0.15) is 11.1 Å². The zero-order chi connectivity index (χ0) is 18.9. The average Bonchev–Trinajstić information content (AvgIpc) is 2.75. The zero-order valence-electron chi connectivity index (χ0n) is 16.4. The van der Waals surface area contributed by atoms with Gasteiger partial charge in [-0.1, -0.05) is 24.3 Å². The van der Waals surface area contributed by atoms with Crippen LogP contribution in [0.5, 0.6) is 5.75 Å². The Balaban J connectivity index is 0.00000280. The van der Waals surface area contributed by atoms with Crippen molar-refractivity contribution >= 4 is 35.8 Å². The molecule has 0 spiro atoms. The molecule has 2 aromatic rings. The van der Waals surface area contributed by atoms with Crippen LogP contribution in [0, 0.1) is 0 Å². The van der Waals surface area contributed by atoms with Gasteiger partial charge in [0.15, 0.2) is 5.96 Å². The summed E-state index contributed by atoms with van der Waals surface area (Å²) in [6, 6.07) is 12.0. The van der Waals surface area contributed by atoms with Crippen molar-refractivity contribution in [1.82, 2.24) is 15.6 Å². The van der Waals surface area contributed by atoms with Crippen molar-refractivity contribution in [2.24, 2.45) is 4.99 Å². The van der Waals surface area contributed by atoms with E-state index in [1.165, 1.54) is 0 Å². The first-order chi connectivity index (χ1) is 13.3. The molecule has 28 heavy (non-hydrogen) atoms. The normalized spacial score (nSPS) is 14.2. The second-order valence-corrected chi connectivity index (χ2v) is 6.18. The second-order valence-electron chi connectivity index (χ2n) is 6.18. The number of para-hydroxylation sites is 1. The number of hydrogen-bond acceptors (Lipinski definition) is 5. The largest absolute Gasteiger partial charge is 0.496 e. The molecule has 0 unspecified atom stereocenters. The number of anilines is 1. The van der Waals surface area contributed by atoms with Gasteiger partial charge < -0.3 is 25.0 Å². The summed E-state index contributed by atoms with van der Waals surface area (Å²) in [5.74, 6) is 2.61. The Morgan fingerprint density at radius 3 is 2.50 bits per heavy atom. The van der Waals surface area contributed by atoms with Crippen molar-refractivity contribution < 1.29 is 9.47 Å². The number of halogens is 1. The Labute approximate surface area is 183 Å². The molecule has 3 rings (SSSR count). The lowest BCUT2D eigenvalue weighted by Crippen LogP contribution is -2.39. The van der Waals surface area contributed by atoms with Crippen molar-refractivity contribution in [2.75, 3.05) is 45.4 Å². The monoisotopic (exact) mass is 497 g/mol. The molecule has 1 aromatic carbocycles. The van der Waals surface area contributed by atoms with E-state index in [1.807, 2.05) is 36.5 Å². The molecule has 2 N–H and O–H groups in total. The summed E-state index contributed by atoms with van der Waals surface area (Å²) >= 11 is 0. The zero-order valence-corrected chi connectivity index (χ0v) is 18.7. The molecule has 2 heterocycles. The van der Waals surface area contributed by atoms with E-state index in [-0.39, 0.29) is 24.0 Å². The fourth-order valence-corrected chi connectivity index (χ4v) is 3.06. The number of guanidine groups is 1. The quantitative estimate of drug-likeness (QED) is 0.363. The highest BCUT2D eigenvalue weighted by molar-refractivity contribution is 14.0. The van der Waals surface area contributed by atoms with E-state index in [0.717, 1.165) is 55.0 Å². The van der Waals surface area contributed by atoms with Crippen LogP contribution in [0.25, 0.3) is 0 Å². The number of nitrogens with one attached hydrogen (secondary N) is 2. The first kappa shape index (κ1) is 22.2. The summed E-state index contributed by atoms with van der Waals surface area (Å²) in [5, 5.41) is 6.71. The minimum absolute atomic E-state index is 0. The molecule has 1 aliphatic rings. The fourth-order valence-electron chi connectivity index (χ4n) is 3.06. The maximum absolute atomic E-state index is 5.45. The molecular weight excluding hydrogens is 469 g/mol. The highest BCUT2D eigenvalue weighted by Crippen LogP contribution is 2.18. The van der Waals surface area contributed by atoms with Gasteiger partial charge in [-0.15, -0.1) is 24.0 Å². The SMILES string of the molecule is CN=C(NCc1ccccc1OC)NCc1cccnc1N1CCOCC1.I. The first-order valence-electron chi connectivity index (χ1n) is 9.15. The predicted molar refractivity (Wildman–Crippen MR) is 123 cm³/mol. The van der Waals surface area contributed by atoms with Crippen molar-refractivity contribution in [1.29, 1.82) is 0 Å². The molecule has 7 nitrogen and oxygen atoms in total. The van der Waals surface area contributed by atoms with Crippen LogP contribution >= 0.6 is 24.0 Å². The van der Waals surface area contributed by atoms with Gasteiger partial charge in [-0.05, 0) is 12.1 Å². The third kappa shape index (κ3) is 5.96. The number of aliphatic imine (C=N–C) groups is 1. The Morgan fingerprint density at radius 2 is 1.79 bits per heavy atom. The molecule has 1 fully saturated rings. The van der Waals surface area contributed by atoms with E-state index in [9.17, 15) is 0 Å². The summed E-state index contributed by atoms with van der Waals surface area (Å²) < 4.78 is 10.8. The van der Waals surface area contributed by atoms with Crippen LogP contribution < -0.4 is 20.3 Å². The standard InChI is InChI=1S/C20H27N5O2.HI/c1-21-20(23-14-16-6-3-4-8-18(16)26-2)24-15-17-7-5-9-22-19(17)25-10-12-27-13-11-25;/h3-9H,10-15H2,1-2H3,(H2,21,23,24);1H. The van der Waals surface area contributed by atoms with Gasteiger partial charge in [0.25, 0.3) is 0 Å². The van der Waals surface area contributed by atoms with Crippen LogP contribution in [-0.4, -0.2) is 51.4 Å². The van der Waals surface area contributed by atoms with Gasteiger partial charge in [-0.25, -0.2) is 4.98 Å². The van der Waals surface area contributed by atoms with Gasteiger partial charge >= 0.3 is 0 Å². The molecule has 1 aliphatic heterocycles. The fraction of sp³-hybridized carbons (Fsp3) is 0.400. The highest BCUT2D eigenvalue weighted by atomic mass is 127. The summed E-state index contributed by atoms with van der Waals surface area (Å²) in [6.07, 6.45) is 1.84. The average molecular weight is 497 g/mol. The van der Waals surface area contributed by atoms with E-state index in [2.05, 4.69) is 31.6 Å². The molecule has 0 radical (unpaired) electrons. The van der Waals surface area contributed by atoms with Gasteiger partial charge in [-0.3, -0.25) is 4.99 Å². The number of nitrogens with zero attached hydrogens (tertiary/aromatic N) is 3. The Hall–Kier alpha value is -2.07. The Kier molecular flexibility index (Phi) is 9.29. The van der Waals surface area contributed by atoms with Gasteiger partial charge in [-0.2, -0.15) is 0 Å². The summed E-state index contributed by atoms with van der Waals surface area (Å²) in [5.41, 5.74) is 2.22. The van der Waals surface area contributed by atoms with Gasteiger partial charge in [0.05, 0.1) is 20.3 Å². The molecular formula is C20H28IN5O2. The van der Waals surface area contributed by atoms with E-state index in [0.29, 0.717) is 13.1 Å². The number of pyridine rings is 1. The van der Waals surface area contributed by atoms with Crippen LogP contribution in [0.15, 0.2) is 47.6 Å². The molecule has 8 heteroatoms. The number of rotatable bonds is 6. The third-order valence-electron chi connectivity index (χ3n) is 4.49. The van der Waals surface area contributed by atoms with E-state index in [4.69, 9.17) is 9.47 Å². The van der Waals surface area contributed by atoms with Gasteiger partial charge in [0.2, 0.25) is 0 Å². The van der Waals surface area contributed by atoms with Crippen LogP contribution in [0.3, 0.4) is 0 Å². The molecule has 0 atom stereocenters.